The first-order valence-electron chi connectivity index (χ1n) is 9.70. The minimum Gasteiger partial charge on any atom is -0.490 e. The molecule has 0 aliphatic carbocycles. The number of carbonyl (C=O) groups excluding carboxylic acids is 1. The van der Waals surface area contributed by atoms with Crippen LogP contribution in [0.5, 0.6) is 5.75 Å². The van der Waals surface area contributed by atoms with Crippen LogP contribution in [-0.4, -0.2) is 42.6 Å². The normalized spacial score (nSPS) is 10.7. The second-order valence-electron chi connectivity index (χ2n) is 6.85. The van der Waals surface area contributed by atoms with E-state index in [2.05, 4.69) is 40.7 Å². The molecule has 0 saturated heterocycles. The summed E-state index contributed by atoms with van der Waals surface area (Å²) in [5.41, 5.74) is 4.82. The van der Waals surface area contributed by atoms with E-state index in [0.717, 1.165) is 29.1 Å². The molecule has 6 nitrogen and oxygen atoms in total. The van der Waals surface area contributed by atoms with E-state index in [1.54, 1.807) is 19.2 Å². The lowest BCUT2D eigenvalue weighted by atomic mass is 10.1. The molecule has 0 atom stereocenters. The van der Waals surface area contributed by atoms with Crippen LogP contribution in [0.3, 0.4) is 0 Å². The maximum absolute atomic E-state index is 12.5. The van der Waals surface area contributed by atoms with Gasteiger partial charge >= 0.3 is 0 Å². The number of aryl methyl sites for hydroxylation is 2. The van der Waals surface area contributed by atoms with Gasteiger partial charge in [0.05, 0.1) is 23.6 Å². The lowest BCUT2D eigenvalue weighted by molar-refractivity contribution is 0.0946. The molecule has 1 heterocycles. The molecule has 0 radical (unpaired) electrons. The highest BCUT2D eigenvalue weighted by Gasteiger charge is 2.11. The van der Waals surface area contributed by atoms with E-state index in [4.69, 9.17) is 9.47 Å². The van der Waals surface area contributed by atoms with Crippen molar-refractivity contribution in [3.8, 4) is 11.4 Å². The molecule has 152 valence electrons. The number of aromatic nitrogens is 2. The Labute approximate surface area is 171 Å². The fourth-order valence-electron chi connectivity index (χ4n) is 3.12. The van der Waals surface area contributed by atoms with Gasteiger partial charge in [-0.25, -0.2) is 4.68 Å². The lowest BCUT2D eigenvalue weighted by Gasteiger charge is -2.11. The summed E-state index contributed by atoms with van der Waals surface area (Å²) in [5.74, 6) is 0.425. The predicted molar refractivity (Wildman–Crippen MR) is 113 cm³/mol. The average Bonchev–Trinajstić information content (AvgIpc) is 3.07. The van der Waals surface area contributed by atoms with Crippen molar-refractivity contribution < 1.29 is 14.3 Å². The molecule has 1 aromatic heterocycles. The van der Waals surface area contributed by atoms with Gasteiger partial charge in [0.15, 0.2) is 0 Å². The molecule has 3 rings (SSSR count). The smallest absolute Gasteiger partial charge is 0.255 e. The van der Waals surface area contributed by atoms with E-state index in [0.29, 0.717) is 31.1 Å². The number of hydrogen-bond donors (Lipinski definition) is 1. The monoisotopic (exact) mass is 393 g/mol. The Morgan fingerprint density at radius 1 is 1.07 bits per heavy atom. The molecular weight excluding hydrogens is 366 g/mol. The first-order chi connectivity index (χ1) is 14.1. The van der Waals surface area contributed by atoms with Crippen LogP contribution < -0.4 is 10.1 Å². The molecule has 1 N–H and O–H groups in total. The van der Waals surface area contributed by atoms with Gasteiger partial charge in [0.25, 0.3) is 5.91 Å². The average molecular weight is 393 g/mol. The second kappa shape index (κ2) is 9.89. The maximum Gasteiger partial charge on any atom is 0.255 e. The number of para-hydroxylation sites is 1. The lowest BCUT2D eigenvalue weighted by Crippen LogP contribution is -2.26. The number of methoxy groups -OCH3 is 1. The number of benzene rings is 2. The molecule has 29 heavy (non-hydrogen) atoms. The fraction of sp³-hybridized carbons (Fsp3) is 0.304. The number of nitrogens with zero attached hydrogens (tertiary/aromatic N) is 2. The Bertz CT molecular complexity index is 948. The summed E-state index contributed by atoms with van der Waals surface area (Å²) in [5, 5.41) is 7.47. The zero-order valence-corrected chi connectivity index (χ0v) is 17.1. The summed E-state index contributed by atoms with van der Waals surface area (Å²) in [6.07, 6.45) is 0.746. The van der Waals surface area contributed by atoms with E-state index < -0.39 is 0 Å². The van der Waals surface area contributed by atoms with Crippen molar-refractivity contribution in [2.45, 2.75) is 20.3 Å². The van der Waals surface area contributed by atoms with Crippen molar-refractivity contribution in [2.24, 2.45) is 0 Å². The van der Waals surface area contributed by atoms with E-state index >= 15 is 0 Å². The van der Waals surface area contributed by atoms with Gasteiger partial charge in [-0.1, -0.05) is 24.3 Å². The van der Waals surface area contributed by atoms with Gasteiger partial charge in [-0.2, -0.15) is 5.10 Å². The molecular formula is C23H27N3O3. The molecule has 0 fully saturated rings. The zero-order chi connectivity index (χ0) is 20.6. The molecule has 0 aliphatic heterocycles. The van der Waals surface area contributed by atoms with Crippen LogP contribution in [0.2, 0.25) is 0 Å². The Morgan fingerprint density at radius 2 is 1.83 bits per heavy atom. The van der Waals surface area contributed by atoms with Crippen LogP contribution in [-0.2, 0) is 11.2 Å². The van der Waals surface area contributed by atoms with E-state index in [-0.39, 0.29) is 5.91 Å². The third-order valence-corrected chi connectivity index (χ3v) is 4.57. The Hall–Kier alpha value is -3.12. The highest BCUT2D eigenvalue weighted by Crippen LogP contribution is 2.18. The van der Waals surface area contributed by atoms with Gasteiger partial charge in [0.2, 0.25) is 0 Å². The predicted octanol–water partition coefficient (Wildman–Crippen LogP) is 3.49. The first-order valence-corrected chi connectivity index (χ1v) is 9.70. The quantitative estimate of drug-likeness (QED) is 0.565. The number of carbonyl (C=O) groups is 1. The molecule has 0 saturated carbocycles. The summed E-state index contributed by atoms with van der Waals surface area (Å²) in [6, 6.07) is 17.5. The number of amides is 1. The van der Waals surface area contributed by atoms with Gasteiger partial charge in [0.1, 0.15) is 12.4 Å². The Balaban J connectivity index is 1.55. The fourth-order valence-corrected chi connectivity index (χ4v) is 3.12. The minimum absolute atomic E-state index is 0.141. The largest absolute Gasteiger partial charge is 0.490 e. The molecule has 0 spiro atoms. The molecule has 0 unspecified atom stereocenters. The molecule has 6 heteroatoms. The summed E-state index contributed by atoms with van der Waals surface area (Å²) in [4.78, 5) is 12.5. The van der Waals surface area contributed by atoms with Crippen LogP contribution >= 0.6 is 0 Å². The van der Waals surface area contributed by atoms with Crippen LogP contribution in [0.25, 0.3) is 5.69 Å². The topological polar surface area (TPSA) is 65.4 Å². The first kappa shape index (κ1) is 20.6. The van der Waals surface area contributed by atoms with E-state index in [1.807, 2.05) is 30.7 Å². The highest BCUT2D eigenvalue weighted by atomic mass is 16.5. The van der Waals surface area contributed by atoms with Crippen molar-refractivity contribution in [3.63, 3.8) is 0 Å². The third-order valence-electron chi connectivity index (χ3n) is 4.57. The summed E-state index contributed by atoms with van der Waals surface area (Å²) < 4.78 is 12.6. The third kappa shape index (κ3) is 5.45. The number of rotatable bonds is 9. The molecule has 1 amide bonds. The minimum atomic E-state index is -0.141. The zero-order valence-electron chi connectivity index (χ0n) is 17.1. The van der Waals surface area contributed by atoms with Gasteiger partial charge in [-0.15, -0.1) is 0 Å². The molecule has 0 aliphatic rings. The van der Waals surface area contributed by atoms with Crippen LogP contribution in [0.4, 0.5) is 0 Å². The number of nitrogens with one attached hydrogen (secondary N) is 1. The van der Waals surface area contributed by atoms with Gasteiger partial charge in [-0.3, -0.25) is 4.79 Å². The van der Waals surface area contributed by atoms with Gasteiger partial charge in [-0.05, 0) is 56.2 Å². The molecule has 2 aromatic carbocycles. The Morgan fingerprint density at radius 3 is 2.52 bits per heavy atom. The highest BCUT2D eigenvalue weighted by molar-refractivity contribution is 5.96. The summed E-state index contributed by atoms with van der Waals surface area (Å²) >= 11 is 0. The summed E-state index contributed by atoms with van der Waals surface area (Å²) in [6.45, 7) is 5.46. The van der Waals surface area contributed by atoms with Crippen molar-refractivity contribution in [1.29, 1.82) is 0 Å². The van der Waals surface area contributed by atoms with Gasteiger partial charge in [0, 0.05) is 19.3 Å². The number of ether oxygens (including phenoxy) is 2. The van der Waals surface area contributed by atoms with Gasteiger partial charge < -0.3 is 14.8 Å². The van der Waals surface area contributed by atoms with E-state index in [9.17, 15) is 4.79 Å². The van der Waals surface area contributed by atoms with Crippen LogP contribution in [0.1, 0.15) is 27.3 Å². The maximum atomic E-state index is 12.5. The summed E-state index contributed by atoms with van der Waals surface area (Å²) in [7, 11) is 1.62. The standard InChI is InChI=1S/C23H27N3O3/c1-17-16-18(2)26(25-17)20-10-8-19(9-11-20)12-13-24-23(27)21-6-4-5-7-22(21)29-15-14-28-3/h4-11,16H,12-15H2,1-3H3,(H,24,27). The molecule has 0 bridgehead atoms. The molecule has 3 aromatic rings. The SMILES string of the molecule is COCCOc1ccccc1C(=O)NCCc1ccc(-n2nc(C)cc2C)cc1. The van der Waals surface area contributed by atoms with Crippen LogP contribution in [0.15, 0.2) is 54.6 Å². The Kier molecular flexibility index (Phi) is 7.03. The van der Waals surface area contributed by atoms with Crippen molar-refractivity contribution in [1.82, 2.24) is 15.1 Å². The number of hydrogen-bond acceptors (Lipinski definition) is 4. The van der Waals surface area contributed by atoms with E-state index in [1.165, 1.54) is 0 Å². The van der Waals surface area contributed by atoms with Crippen LogP contribution in [0, 0.1) is 13.8 Å². The van der Waals surface area contributed by atoms with Crippen molar-refractivity contribution in [2.75, 3.05) is 26.9 Å². The second-order valence-corrected chi connectivity index (χ2v) is 6.85. The van der Waals surface area contributed by atoms with Crippen molar-refractivity contribution in [3.05, 3.63) is 77.1 Å². The van der Waals surface area contributed by atoms with Crippen molar-refractivity contribution >= 4 is 5.91 Å².